The number of esters is 1. The van der Waals surface area contributed by atoms with Gasteiger partial charge in [0.1, 0.15) is 0 Å². The van der Waals surface area contributed by atoms with Gasteiger partial charge < -0.3 is 15.1 Å². The summed E-state index contributed by atoms with van der Waals surface area (Å²) in [5.41, 5.74) is 8.66. The Balaban J connectivity index is 3.04. The average molecular weight is 212 g/mol. The van der Waals surface area contributed by atoms with Gasteiger partial charge in [0.25, 0.3) is 0 Å². The molecule has 0 bridgehead atoms. The second-order valence-electron chi connectivity index (χ2n) is 2.23. The highest BCUT2D eigenvalue weighted by Gasteiger charge is 2.35. The number of hydrogen-bond donors (Lipinski definition) is 0. The molecule has 0 saturated carbocycles. The molecule has 0 aromatic rings. The molecule has 7 heteroatoms. The molecule has 6 nitrogen and oxygen atoms in total. The number of amidine groups is 1. The Hall–Kier alpha value is -1.46. The summed E-state index contributed by atoms with van der Waals surface area (Å²) in [5.74, 6) is -0.678. The van der Waals surface area contributed by atoms with Crippen molar-refractivity contribution in [3.8, 4) is 0 Å². The van der Waals surface area contributed by atoms with Crippen LogP contribution in [-0.4, -0.2) is 29.5 Å². The molecule has 0 fully saturated rings. The summed E-state index contributed by atoms with van der Waals surface area (Å²) < 4.78 is 4.77. The standard InChI is InChI=1S/C7H8N4O2S/c1-3-13-7(12)4-5(9-8)10-11-6(4)14-2/h3H2,1-2H3. The van der Waals surface area contributed by atoms with Crippen molar-refractivity contribution in [1.29, 1.82) is 0 Å². The molecule has 74 valence electrons. The SMILES string of the molecule is CCOC(=O)C1=C(SC)N=NC1=[N+]=[N-]. The number of ether oxygens (including phenoxy) is 1. The van der Waals surface area contributed by atoms with E-state index in [1.54, 1.807) is 13.2 Å². The zero-order valence-corrected chi connectivity index (χ0v) is 8.54. The number of carbonyl (C=O) groups excluding carboxylic acids is 1. The van der Waals surface area contributed by atoms with Crippen molar-refractivity contribution in [2.24, 2.45) is 10.2 Å². The van der Waals surface area contributed by atoms with Crippen molar-refractivity contribution in [2.75, 3.05) is 12.9 Å². The Kier molecular flexibility index (Phi) is 3.55. The van der Waals surface area contributed by atoms with E-state index in [2.05, 4.69) is 15.0 Å². The molecular weight excluding hydrogens is 204 g/mol. The smallest absolute Gasteiger partial charge is 0.443 e. The summed E-state index contributed by atoms with van der Waals surface area (Å²) in [6, 6.07) is 0. The molecule has 1 rings (SSSR count). The summed E-state index contributed by atoms with van der Waals surface area (Å²) in [6.45, 7) is 1.94. The summed E-state index contributed by atoms with van der Waals surface area (Å²) in [4.78, 5) is 14.2. The monoisotopic (exact) mass is 212 g/mol. The molecule has 0 aromatic heterocycles. The second kappa shape index (κ2) is 4.69. The first kappa shape index (κ1) is 10.6. The summed E-state index contributed by atoms with van der Waals surface area (Å²) >= 11 is 1.24. The lowest BCUT2D eigenvalue weighted by molar-refractivity contribution is -0.138. The van der Waals surface area contributed by atoms with E-state index in [9.17, 15) is 4.79 Å². The van der Waals surface area contributed by atoms with E-state index in [0.717, 1.165) is 0 Å². The second-order valence-corrected chi connectivity index (χ2v) is 3.02. The number of hydrogen-bond acceptors (Lipinski definition) is 4. The Morgan fingerprint density at radius 1 is 1.64 bits per heavy atom. The van der Waals surface area contributed by atoms with Crippen LogP contribution in [0, 0.1) is 0 Å². The van der Waals surface area contributed by atoms with Crippen LogP contribution in [0.2, 0.25) is 0 Å². The first-order valence-corrected chi connectivity index (χ1v) is 5.06. The van der Waals surface area contributed by atoms with Gasteiger partial charge in [0.15, 0.2) is 5.03 Å². The third-order valence-electron chi connectivity index (χ3n) is 1.44. The van der Waals surface area contributed by atoms with Crippen LogP contribution in [0.15, 0.2) is 20.8 Å². The molecule has 1 heterocycles. The lowest BCUT2D eigenvalue weighted by Gasteiger charge is -1.98. The Labute approximate surface area is 84.7 Å². The maximum absolute atomic E-state index is 11.4. The van der Waals surface area contributed by atoms with Crippen LogP contribution in [0.25, 0.3) is 5.53 Å². The van der Waals surface area contributed by atoms with Gasteiger partial charge in [0, 0.05) is 0 Å². The van der Waals surface area contributed by atoms with E-state index in [0.29, 0.717) is 5.03 Å². The first-order chi connectivity index (χ1) is 6.74. The highest BCUT2D eigenvalue weighted by atomic mass is 32.2. The van der Waals surface area contributed by atoms with Crippen molar-refractivity contribution in [3.63, 3.8) is 0 Å². The van der Waals surface area contributed by atoms with Crippen molar-refractivity contribution >= 4 is 23.6 Å². The van der Waals surface area contributed by atoms with E-state index in [-0.39, 0.29) is 18.0 Å². The van der Waals surface area contributed by atoms with Gasteiger partial charge in [-0.2, -0.15) is 0 Å². The molecule has 0 spiro atoms. The summed E-state index contributed by atoms with van der Waals surface area (Å²) in [7, 11) is 0. The lowest BCUT2D eigenvalue weighted by Crippen LogP contribution is -2.14. The van der Waals surface area contributed by atoms with E-state index in [1.807, 2.05) is 0 Å². The van der Waals surface area contributed by atoms with Crippen LogP contribution in [-0.2, 0) is 9.53 Å². The predicted octanol–water partition coefficient (Wildman–Crippen LogP) is 1.22. The molecule has 0 aliphatic carbocycles. The molecule has 0 amide bonds. The molecular formula is C7H8N4O2S. The van der Waals surface area contributed by atoms with E-state index in [4.69, 9.17) is 10.3 Å². The van der Waals surface area contributed by atoms with Gasteiger partial charge in [-0.25, -0.2) is 4.79 Å². The van der Waals surface area contributed by atoms with Gasteiger partial charge in [-0.3, -0.25) is 0 Å². The highest BCUT2D eigenvalue weighted by molar-refractivity contribution is 8.02. The van der Waals surface area contributed by atoms with Crippen LogP contribution in [0.1, 0.15) is 6.92 Å². The Bertz CT molecular complexity index is 368. The molecule has 0 atom stereocenters. The Morgan fingerprint density at radius 3 is 2.86 bits per heavy atom. The van der Waals surface area contributed by atoms with Gasteiger partial charge >= 0.3 is 11.8 Å². The fourth-order valence-electron chi connectivity index (χ4n) is 0.883. The van der Waals surface area contributed by atoms with Gasteiger partial charge in [-0.05, 0) is 18.3 Å². The largest absolute Gasteiger partial charge is 0.497 e. The first-order valence-electron chi connectivity index (χ1n) is 3.84. The molecule has 1 aliphatic rings. The minimum absolute atomic E-state index is 0.104. The fourth-order valence-corrected chi connectivity index (χ4v) is 1.38. The molecule has 1 aliphatic heterocycles. The highest BCUT2D eigenvalue weighted by Crippen LogP contribution is 2.26. The maximum Gasteiger partial charge on any atom is 0.443 e. The zero-order chi connectivity index (χ0) is 10.6. The summed E-state index contributed by atoms with van der Waals surface area (Å²) in [6.07, 6.45) is 1.74. The normalized spacial score (nSPS) is 14.6. The molecule has 0 unspecified atom stereocenters. The van der Waals surface area contributed by atoms with Crippen LogP contribution >= 0.6 is 11.8 Å². The minimum atomic E-state index is -0.574. The van der Waals surface area contributed by atoms with Gasteiger partial charge in [0.2, 0.25) is 5.57 Å². The average Bonchev–Trinajstić information content (AvgIpc) is 2.60. The van der Waals surface area contributed by atoms with E-state index in [1.165, 1.54) is 11.8 Å². The third kappa shape index (κ3) is 1.89. The van der Waals surface area contributed by atoms with Crippen molar-refractivity contribution < 1.29 is 14.3 Å². The van der Waals surface area contributed by atoms with Crippen LogP contribution in [0.3, 0.4) is 0 Å². The lowest BCUT2D eigenvalue weighted by atomic mass is 10.3. The quantitative estimate of drug-likeness (QED) is 0.400. The van der Waals surface area contributed by atoms with E-state index < -0.39 is 5.97 Å². The van der Waals surface area contributed by atoms with Gasteiger partial charge in [-0.15, -0.1) is 11.8 Å². The van der Waals surface area contributed by atoms with Crippen molar-refractivity contribution in [2.45, 2.75) is 6.92 Å². The number of azo groups is 1. The molecule has 0 radical (unpaired) electrons. The third-order valence-corrected chi connectivity index (χ3v) is 2.11. The topological polar surface area (TPSA) is 87.4 Å². The molecule has 0 N–H and O–H groups in total. The molecule has 0 saturated heterocycles. The minimum Gasteiger partial charge on any atom is -0.497 e. The number of carbonyl (C=O) groups is 1. The molecule has 14 heavy (non-hydrogen) atoms. The van der Waals surface area contributed by atoms with Crippen LogP contribution in [0.5, 0.6) is 0 Å². The van der Waals surface area contributed by atoms with E-state index >= 15 is 0 Å². The van der Waals surface area contributed by atoms with Gasteiger partial charge in [0.05, 0.1) is 11.7 Å². The van der Waals surface area contributed by atoms with Crippen LogP contribution in [0.4, 0.5) is 0 Å². The molecule has 0 aromatic carbocycles. The Morgan fingerprint density at radius 2 is 2.36 bits per heavy atom. The van der Waals surface area contributed by atoms with Gasteiger partial charge in [-0.1, -0.05) is 0 Å². The maximum atomic E-state index is 11.4. The number of rotatable bonds is 3. The van der Waals surface area contributed by atoms with Crippen molar-refractivity contribution in [3.05, 3.63) is 16.1 Å². The summed E-state index contributed by atoms with van der Waals surface area (Å²) in [5, 5.41) is 7.59. The fraction of sp³-hybridized carbons (Fsp3) is 0.429. The number of thioether (sulfide) groups is 1. The van der Waals surface area contributed by atoms with Crippen molar-refractivity contribution in [1.82, 2.24) is 0 Å². The predicted molar refractivity (Wildman–Crippen MR) is 50.7 cm³/mol. The number of nitrogens with zero attached hydrogens (tertiary/aromatic N) is 4. The zero-order valence-electron chi connectivity index (χ0n) is 7.72. The van der Waals surface area contributed by atoms with Crippen LogP contribution < -0.4 is 0 Å².